The maximum absolute atomic E-state index is 5.78. The monoisotopic (exact) mass is 273 g/mol. The number of rotatable bonds is 3. The van der Waals surface area contributed by atoms with E-state index in [4.69, 9.17) is 16.0 Å². The minimum absolute atomic E-state index is 0.165. The van der Waals surface area contributed by atoms with Gasteiger partial charge in [0.25, 0.3) is 0 Å². The third-order valence-corrected chi connectivity index (χ3v) is 3.51. The van der Waals surface area contributed by atoms with Crippen LogP contribution >= 0.6 is 11.3 Å². The molecule has 3 rings (SSSR count). The van der Waals surface area contributed by atoms with E-state index in [0.717, 1.165) is 16.1 Å². The summed E-state index contributed by atoms with van der Waals surface area (Å²) in [6, 6.07) is 5.86. The van der Waals surface area contributed by atoms with Crippen LogP contribution in [0.4, 0.5) is 11.8 Å². The van der Waals surface area contributed by atoms with E-state index in [9.17, 15) is 0 Å². The van der Waals surface area contributed by atoms with Gasteiger partial charge in [-0.3, -0.25) is 0 Å². The minimum Gasteiger partial charge on any atom is -0.383 e. The molecule has 0 unspecified atom stereocenters. The van der Waals surface area contributed by atoms with Gasteiger partial charge < -0.3 is 16.0 Å². The zero-order valence-corrected chi connectivity index (χ0v) is 10.7. The summed E-state index contributed by atoms with van der Waals surface area (Å²) in [5.41, 5.74) is 12.8. The predicted molar refractivity (Wildman–Crippen MR) is 73.5 cm³/mol. The van der Waals surface area contributed by atoms with Crippen LogP contribution in [-0.4, -0.2) is 15.1 Å². The van der Waals surface area contributed by atoms with Gasteiger partial charge in [0.2, 0.25) is 5.95 Å². The fourth-order valence-corrected chi connectivity index (χ4v) is 2.37. The highest BCUT2D eigenvalue weighted by Crippen LogP contribution is 2.25. The fourth-order valence-electron chi connectivity index (χ4n) is 1.69. The van der Waals surface area contributed by atoms with Crippen LogP contribution in [0.15, 0.2) is 34.3 Å². The first-order valence-corrected chi connectivity index (χ1v) is 6.46. The molecule has 6 nitrogen and oxygen atoms in total. The van der Waals surface area contributed by atoms with Crippen LogP contribution in [0.25, 0.3) is 10.6 Å². The van der Waals surface area contributed by atoms with E-state index in [2.05, 4.69) is 15.1 Å². The maximum Gasteiger partial charge on any atom is 0.221 e. The number of thiophene rings is 1. The Hall–Kier alpha value is -2.41. The second-order valence-corrected chi connectivity index (χ2v) is 4.92. The Morgan fingerprint density at radius 3 is 2.95 bits per heavy atom. The van der Waals surface area contributed by atoms with Crippen molar-refractivity contribution in [1.29, 1.82) is 0 Å². The third-order valence-electron chi connectivity index (χ3n) is 2.61. The van der Waals surface area contributed by atoms with Crippen molar-refractivity contribution in [3.63, 3.8) is 0 Å². The van der Waals surface area contributed by atoms with Gasteiger partial charge in [0.15, 0.2) is 0 Å². The highest BCUT2D eigenvalue weighted by Gasteiger charge is 2.10. The lowest BCUT2D eigenvalue weighted by Gasteiger charge is -2.01. The number of hydrogen-bond donors (Lipinski definition) is 2. The zero-order valence-electron chi connectivity index (χ0n) is 9.91. The van der Waals surface area contributed by atoms with Gasteiger partial charge in [-0.25, -0.2) is 4.98 Å². The van der Waals surface area contributed by atoms with Gasteiger partial charge in [-0.15, -0.1) is 11.3 Å². The molecule has 0 radical (unpaired) electrons. The lowest BCUT2D eigenvalue weighted by molar-refractivity contribution is 0.392. The van der Waals surface area contributed by atoms with Gasteiger partial charge >= 0.3 is 0 Å². The van der Waals surface area contributed by atoms with Crippen molar-refractivity contribution >= 4 is 23.1 Å². The van der Waals surface area contributed by atoms with Crippen molar-refractivity contribution in [1.82, 2.24) is 15.1 Å². The lowest BCUT2D eigenvalue weighted by Crippen LogP contribution is -2.03. The van der Waals surface area contributed by atoms with Crippen molar-refractivity contribution in [3.8, 4) is 10.6 Å². The Bertz CT molecular complexity index is 692. The van der Waals surface area contributed by atoms with Crippen LogP contribution < -0.4 is 11.5 Å². The van der Waals surface area contributed by atoms with E-state index in [1.54, 1.807) is 17.5 Å². The Balaban J connectivity index is 1.84. The normalized spacial score (nSPS) is 10.7. The van der Waals surface area contributed by atoms with Gasteiger partial charge in [-0.2, -0.15) is 4.98 Å². The van der Waals surface area contributed by atoms with E-state index >= 15 is 0 Å². The molecule has 3 aromatic heterocycles. The Morgan fingerprint density at radius 2 is 2.21 bits per heavy atom. The molecule has 0 spiro atoms. The molecular weight excluding hydrogens is 262 g/mol. The van der Waals surface area contributed by atoms with Crippen LogP contribution in [0, 0.1) is 0 Å². The van der Waals surface area contributed by atoms with Crippen LogP contribution in [0.3, 0.4) is 0 Å². The summed E-state index contributed by atoms with van der Waals surface area (Å²) in [6.45, 7) is 0. The quantitative estimate of drug-likeness (QED) is 0.755. The van der Waals surface area contributed by atoms with E-state index in [-0.39, 0.29) is 5.95 Å². The van der Waals surface area contributed by atoms with Crippen LogP contribution in [0.1, 0.15) is 11.3 Å². The number of anilines is 2. The molecule has 0 saturated carbocycles. The van der Waals surface area contributed by atoms with E-state index in [0.29, 0.717) is 18.0 Å². The molecule has 96 valence electrons. The van der Waals surface area contributed by atoms with Gasteiger partial charge in [-0.1, -0.05) is 11.2 Å². The molecule has 3 heterocycles. The number of aromatic nitrogens is 3. The first kappa shape index (κ1) is 11.7. The summed E-state index contributed by atoms with van der Waals surface area (Å²) >= 11 is 1.61. The van der Waals surface area contributed by atoms with Gasteiger partial charge in [0, 0.05) is 24.2 Å². The van der Waals surface area contributed by atoms with E-state index < -0.39 is 0 Å². The first-order valence-electron chi connectivity index (χ1n) is 5.58. The summed E-state index contributed by atoms with van der Waals surface area (Å²) in [6.07, 6.45) is 2.09. The summed E-state index contributed by atoms with van der Waals surface area (Å²) in [5, 5.41) is 6.03. The molecule has 0 aliphatic carbocycles. The Labute approximate surface area is 113 Å². The molecule has 0 fully saturated rings. The second kappa shape index (κ2) is 4.69. The lowest BCUT2D eigenvalue weighted by atomic mass is 10.2. The number of nitrogen functional groups attached to an aromatic ring is 2. The summed E-state index contributed by atoms with van der Waals surface area (Å²) in [4.78, 5) is 8.90. The second-order valence-electron chi connectivity index (χ2n) is 3.97. The van der Waals surface area contributed by atoms with E-state index in [1.807, 2.05) is 23.6 Å². The highest BCUT2D eigenvalue weighted by molar-refractivity contribution is 7.13. The molecule has 19 heavy (non-hydrogen) atoms. The number of nitrogens with zero attached hydrogens (tertiary/aromatic N) is 3. The molecule has 0 amide bonds. The van der Waals surface area contributed by atoms with Gasteiger partial charge in [-0.05, 0) is 11.4 Å². The number of nitrogens with two attached hydrogens (primary N) is 2. The third kappa shape index (κ3) is 2.41. The summed E-state index contributed by atoms with van der Waals surface area (Å²) < 4.78 is 5.29. The molecule has 0 saturated heterocycles. The minimum atomic E-state index is 0.165. The van der Waals surface area contributed by atoms with Gasteiger partial charge in [0.05, 0.1) is 4.88 Å². The topological polar surface area (TPSA) is 104 Å². The molecule has 0 aliphatic heterocycles. The van der Waals surface area contributed by atoms with E-state index in [1.165, 1.54) is 0 Å². The highest BCUT2D eigenvalue weighted by atomic mass is 32.1. The van der Waals surface area contributed by atoms with Crippen LogP contribution in [0.5, 0.6) is 0 Å². The van der Waals surface area contributed by atoms with Crippen molar-refractivity contribution in [2.75, 3.05) is 11.5 Å². The zero-order chi connectivity index (χ0) is 13.2. The Morgan fingerprint density at radius 1 is 1.32 bits per heavy atom. The molecule has 4 N–H and O–H groups in total. The van der Waals surface area contributed by atoms with Crippen molar-refractivity contribution in [2.45, 2.75) is 6.42 Å². The van der Waals surface area contributed by atoms with Crippen molar-refractivity contribution in [2.24, 2.45) is 0 Å². The average molecular weight is 273 g/mol. The van der Waals surface area contributed by atoms with Crippen LogP contribution in [0.2, 0.25) is 0 Å². The molecular formula is C12H11N5OS. The SMILES string of the molecule is Nc1ncc(Cc2cc(-c3cccs3)no2)c(N)n1. The number of hydrogen-bond acceptors (Lipinski definition) is 7. The maximum atomic E-state index is 5.78. The Kier molecular flexibility index (Phi) is 2.88. The van der Waals surface area contributed by atoms with Crippen LogP contribution in [-0.2, 0) is 6.42 Å². The summed E-state index contributed by atoms with van der Waals surface area (Å²) in [7, 11) is 0. The average Bonchev–Trinajstić information content (AvgIpc) is 3.03. The van der Waals surface area contributed by atoms with Gasteiger partial charge in [0.1, 0.15) is 17.3 Å². The summed E-state index contributed by atoms with van der Waals surface area (Å²) in [5.74, 6) is 1.24. The molecule has 0 aromatic carbocycles. The largest absolute Gasteiger partial charge is 0.383 e. The molecule has 0 aliphatic rings. The fraction of sp³-hybridized carbons (Fsp3) is 0.0833. The van der Waals surface area contributed by atoms with Crippen molar-refractivity contribution in [3.05, 3.63) is 41.1 Å². The molecule has 7 heteroatoms. The molecule has 0 bridgehead atoms. The molecule has 3 aromatic rings. The smallest absolute Gasteiger partial charge is 0.221 e. The van der Waals surface area contributed by atoms with Crippen molar-refractivity contribution < 1.29 is 4.52 Å². The standard InChI is InChI=1S/C12H11N5OS/c13-11-7(6-15-12(14)16-11)4-8-5-9(17-18-8)10-2-1-3-19-10/h1-3,5-6H,4H2,(H4,13,14,15,16). The predicted octanol–water partition coefficient (Wildman–Crippen LogP) is 1.95. The first-order chi connectivity index (χ1) is 9.22. The molecule has 0 atom stereocenters.